The van der Waals surface area contributed by atoms with Crippen LogP contribution in [0, 0.1) is 0 Å². The van der Waals surface area contributed by atoms with Crippen LogP contribution in [0.25, 0.3) is 0 Å². The molecule has 0 unspecified atom stereocenters. The quantitative estimate of drug-likeness (QED) is 0.669. The van der Waals surface area contributed by atoms with Crippen LogP contribution in [-0.4, -0.2) is 38.8 Å². The van der Waals surface area contributed by atoms with Gasteiger partial charge in [0.1, 0.15) is 5.76 Å². The summed E-state index contributed by atoms with van der Waals surface area (Å²) in [5.74, 6) is 1.06. The van der Waals surface area contributed by atoms with E-state index in [-0.39, 0.29) is 0 Å². The molecule has 1 heterocycles. The zero-order valence-electron chi connectivity index (χ0n) is 11.2. The van der Waals surface area contributed by atoms with Crippen molar-refractivity contribution >= 4 is 0 Å². The molecule has 1 aromatic heterocycles. The van der Waals surface area contributed by atoms with Crippen molar-refractivity contribution in [1.82, 2.24) is 10.2 Å². The maximum absolute atomic E-state index is 5.53. The van der Waals surface area contributed by atoms with Crippen LogP contribution >= 0.6 is 0 Å². The highest BCUT2D eigenvalue weighted by Crippen LogP contribution is 2.12. The summed E-state index contributed by atoms with van der Waals surface area (Å²) in [6, 6.07) is 2.04. The first kappa shape index (κ1) is 14.2. The van der Waals surface area contributed by atoms with Gasteiger partial charge in [-0.15, -0.1) is 0 Å². The second-order valence-corrected chi connectivity index (χ2v) is 4.23. The van der Waals surface area contributed by atoms with Crippen LogP contribution < -0.4 is 5.32 Å². The van der Waals surface area contributed by atoms with Crippen molar-refractivity contribution < 1.29 is 9.15 Å². The molecule has 1 rings (SSSR count). The van der Waals surface area contributed by atoms with E-state index in [0.717, 1.165) is 45.0 Å². The van der Waals surface area contributed by atoms with E-state index in [1.165, 1.54) is 5.56 Å². The van der Waals surface area contributed by atoms with Crippen LogP contribution in [0.2, 0.25) is 0 Å². The summed E-state index contributed by atoms with van der Waals surface area (Å²) in [5, 5.41) is 3.32. The fourth-order valence-electron chi connectivity index (χ4n) is 1.73. The molecule has 17 heavy (non-hydrogen) atoms. The number of hydrogen-bond donors (Lipinski definition) is 1. The van der Waals surface area contributed by atoms with Crippen molar-refractivity contribution in [2.24, 2.45) is 0 Å². The lowest BCUT2D eigenvalue weighted by Crippen LogP contribution is -2.21. The Labute approximate surface area is 104 Å². The molecule has 4 heteroatoms. The minimum absolute atomic E-state index is 0.812. The van der Waals surface area contributed by atoms with E-state index in [0.29, 0.717) is 0 Å². The van der Waals surface area contributed by atoms with Gasteiger partial charge in [0.25, 0.3) is 0 Å². The maximum atomic E-state index is 5.53. The second-order valence-electron chi connectivity index (χ2n) is 4.23. The lowest BCUT2D eigenvalue weighted by molar-refractivity contribution is 0.175. The lowest BCUT2D eigenvalue weighted by atomic mass is 10.2. The number of furan rings is 1. The molecular formula is C13H24N2O2. The van der Waals surface area contributed by atoms with Crippen molar-refractivity contribution in [3.05, 3.63) is 23.7 Å². The van der Waals surface area contributed by atoms with Gasteiger partial charge in [-0.1, -0.05) is 6.92 Å². The molecule has 1 aromatic rings. The average Bonchev–Trinajstić information content (AvgIpc) is 2.74. The number of methoxy groups -OCH3 is 1. The Morgan fingerprint density at radius 3 is 3.00 bits per heavy atom. The summed E-state index contributed by atoms with van der Waals surface area (Å²) < 4.78 is 10.6. The monoisotopic (exact) mass is 240 g/mol. The standard InChI is InChI=1S/C13H24N2O2/c1-4-14-10-12-6-9-17-13(12)11-15(2)7-5-8-16-3/h6,9,14H,4-5,7-8,10-11H2,1-3H3. The van der Waals surface area contributed by atoms with Crippen LogP contribution in [0.4, 0.5) is 0 Å². The Balaban J connectivity index is 2.36. The molecule has 0 amide bonds. The van der Waals surface area contributed by atoms with E-state index >= 15 is 0 Å². The van der Waals surface area contributed by atoms with Gasteiger partial charge < -0.3 is 14.5 Å². The molecule has 0 aliphatic carbocycles. The van der Waals surface area contributed by atoms with Gasteiger partial charge in [0.05, 0.1) is 12.8 Å². The summed E-state index contributed by atoms with van der Waals surface area (Å²) >= 11 is 0. The number of rotatable bonds is 9. The van der Waals surface area contributed by atoms with Crippen LogP contribution in [-0.2, 0) is 17.8 Å². The fraction of sp³-hybridized carbons (Fsp3) is 0.692. The van der Waals surface area contributed by atoms with Gasteiger partial charge in [-0.05, 0) is 26.1 Å². The molecule has 0 atom stereocenters. The van der Waals surface area contributed by atoms with Gasteiger partial charge in [-0.3, -0.25) is 4.90 Å². The van der Waals surface area contributed by atoms with E-state index in [1.807, 2.05) is 6.07 Å². The lowest BCUT2D eigenvalue weighted by Gasteiger charge is -2.15. The molecule has 0 saturated carbocycles. The van der Waals surface area contributed by atoms with E-state index in [2.05, 4.69) is 24.2 Å². The van der Waals surface area contributed by atoms with Crippen molar-refractivity contribution in [3.8, 4) is 0 Å². The largest absolute Gasteiger partial charge is 0.468 e. The Kier molecular flexibility index (Phi) is 6.93. The van der Waals surface area contributed by atoms with Gasteiger partial charge in [-0.25, -0.2) is 0 Å². The number of ether oxygens (including phenoxy) is 1. The van der Waals surface area contributed by atoms with Gasteiger partial charge in [0, 0.05) is 32.4 Å². The summed E-state index contributed by atoms with van der Waals surface area (Å²) in [4.78, 5) is 2.26. The zero-order valence-corrected chi connectivity index (χ0v) is 11.2. The van der Waals surface area contributed by atoms with E-state index in [1.54, 1.807) is 13.4 Å². The number of nitrogens with one attached hydrogen (secondary N) is 1. The molecule has 98 valence electrons. The molecule has 0 bridgehead atoms. The van der Waals surface area contributed by atoms with E-state index in [9.17, 15) is 0 Å². The first-order valence-corrected chi connectivity index (χ1v) is 6.21. The third kappa shape index (κ3) is 5.35. The fourth-order valence-corrected chi connectivity index (χ4v) is 1.73. The maximum Gasteiger partial charge on any atom is 0.122 e. The van der Waals surface area contributed by atoms with Crippen LogP contribution in [0.5, 0.6) is 0 Å². The minimum atomic E-state index is 0.812. The smallest absolute Gasteiger partial charge is 0.122 e. The Hall–Kier alpha value is -0.840. The zero-order chi connectivity index (χ0) is 12.5. The SMILES string of the molecule is CCNCc1ccoc1CN(C)CCCOC. The molecule has 0 aliphatic rings. The molecule has 0 saturated heterocycles. The third-order valence-electron chi connectivity index (χ3n) is 2.70. The van der Waals surface area contributed by atoms with Crippen molar-refractivity contribution in [3.63, 3.8) is 0 Å². The van der Waals surface area contributed by atoms with Gasteiger partial charge in [0.2, 0.25) is 0 Å². The summed E-state index contributed by atoms with van der Waals surface area (Å²) in [7, 11) is 3.84. The molecule has 4 nitrogen and oxygen atoms in total. The van der Waals surface area contributed by atoms with Crippen molar-refractivity contribution in [1.29, 1.82) is 0 Å². The summed E-state index contributed by atoms with van der Waals surface area (Å²) in [5.41, 5.74) is 1.26. The average molecular weight is 240 g/mol. The van der Waals surface area contributed by atoms with Gasteiger partial charge >= 0.3 is 0 Å². The van der Waals surface area contributed by atoms with Crippen molar-refractivity contribution in [2.45, 2.75) is 26.4 Å². The highest BCUT2D eigenvalue weighted by Gasteiger charge is 2.08. The highest BCUT2D eigenvalue weighted by atomic mass is 16.5. The van der Waals surface area contributed by atoms with Crippen LogP contribution in [0.3, 0.4) is 0 Å². The highest BCUT2D eigenvalue weighted by molar-refractivity contribution is 5.16. The molecule has 1 N–H and O–H groups in total. The van der Waals surface area contributed by atoms with Gasteiger partial charge in [-0.2, -0.15) is 0 Å². The summed E-state index contributed by atoms with van der Waals surface area (Å²) in [6.45, 7) is 6.67. The predicted molar refractivity (Wildman–Crippen MR) is 68.9 cm³/mol. The Morgan fingerprint density at radius 1 is 1.47 bits per heavy atom. The molecular weight excluding hydrogens is 216 g/mol. The third-order valence-corrected chi connectivity index (χ3v) is 2.70. The normalized spacial score (nSPS) is 11.3. The Bertz CT molecular complexity index is 299. The number of hydrogen-bond acceptors (Lipinski definition) is 4. The molecule has 0 aromatic carbocycles. The predicted octanol–water partition coefficient (Wildman–Crippen LogP) is 1.86. The first-order valence-electron chi connectivity index (χ1n) is 6.21. The van der Waals surface area contributed by atoms with E-state index in [4.69, 9.17) is 9.15 Å². The molecule has 0 spiro atoms. The first-order chi connectivity index (χ1) is 8.27. The minimum Gasteiger partial charge on any atom is -0.468 e. The topological polar surface area (TPSA) is 37.6 Å². The van der Waals surface area contributed by atoms with Crippen LogP contribution in [0.15, 0.2) is 16.7 Å². The number of nitrogens with zero attached hydrogens (tertiary/aromatic N) is 1. The Morgan fingerprint density at radius 2 is 2.29 bits per heavy atom. The van der Waals surface area contributed by atoms with Crippen molar-refractivity contribution in [2.75, 3.05) is 33.9 Å². The second kappa shape index (κ2) is 8.28. The van der Waals surface area contributed by atoms with Crippen LogP contribution in [0.1, 0.15) is 24.7 Å². The van der Waals surface area contributed by atoms with Gasteiger partial charge in [0.15, 0.2) is 0 Å². The van der Waals surface area contributed by atoms with E-state index < -0.39 is 0 Å². The molecule has 0 radical (unpaired) electrons. The molecule has 0 fully saturated rings. The summed E-state index contributed by atoms with van der Waals surface area (Å²) in [6.07, 6.45) is 2.82. The molecule has 0 aliphatic heterocycles.